The zero-order chi connectivity index (χ0) is 18.3. The fourth-order valence-electron chi connectivity index (χ4n) is 6.07. The summed E-state index contributed by atoms with van der Waals surface area (Å²) in [6.07, 6.45) is 7.30. The van der Waals surface area contributed by atoms with Gasteiger partial charge in [0.1, 0.15) is 12.4 Å². The van der Waals surface area contributed by atoms with E-state index in [1.54, 1.807) is 0 Å². The Morgan fingerprint density at radius 1 is 0.889 bits per heavy atom. The summed E-state index contributed by atoms with van der Waals surface area (Å²) in [5.41, 5.74) is 1.79. The first-order valence-corrected chi connectivity index (χ1v) is 10.3. The van der Waals surface area contributed by atoms with E-state index in [4.69, 9.17) is 4.74 Å². The van der Waals surface area contributed by atoms with Crippen LogP contribution >= 0.6 is 0 Å². The van der Waals surface area contributed by atoms with Gasteiger partial charge < -0.3 is 10.1 Å². The first kappa shape index (κ1) is 16.9. The predicted molar refractivity (Wildman–Crippen MR) is 106 cm³/mol. The molecule has 3 nitrogen and oxygen atoms in total. The van der Waals surface area contributed by atoms with Crippen molar-refractivity contribution < 1.29 is 9.53 Å². The Morgan fingerprint density at radius 2 is 1.48 bits per heavy atom. The summed E-state index contributed by atoms with van der Waals surface area (Å²) in [4.78, 5) is 13.3. The molecule has 27 heavy (non-hydrogen) atoms. The Morgan fingerprint density at radius 3 is 2.15 bits per heavy atom. The third-order valence-corrected chi connectivity index (χ3v) is 6.89. The van der Waals surface area contributed by atoms with Crippen molar-refractivity contribution in [2.24, 2.45) is 23.2 Å². The smallest absolute Gasteiger partial charge is 0.230 e. The van der Waals surface area contributed by atoms with Crippen molar-refractivity contribution >= 4 is 11.6 Å². The van der Waals surface area contributed by atoms with Crippen molar-refractivity contribution in [1.29, 1.82) is 0 Å². The molecule has 2 aromatic rings. The van der Waals surface area contributed by atoms with Crippen LogP contribution < -0.4 is 10.1 Å². The number of carbonyl (C=O) groups excluding carboxylic acids is 1. The van der Waals surface area contributed by atoms with Crippen molar-refractivity contribution in [2.75, 3.05) is 5.32 Å². The van der Waals surface area contributed by atoms with Gasteiger partial charge in [0.15, 0.2) is 0 Å². The fourth-order valence-corrected chi connectivity index (χ4v) is 6.07. The van der Waals surface area contributed by atoms with Crippen LogP contribution in [-0.4, -0.2) is 5.91 Å². The highest BCUT2D eigenvalue weighted by atomic mass is 16.5. The second-order valence-corrected chi connectivity index (χ2v) is 8.92. The number of anilines is 1. The van der Waals surface area contributed by atoms with E-state index in [9.17, 15) is 4.79 Å². The van der Waals surface area contributed by atoms with Gasteiger partial charge in [-0.05, 0) is 74.0 Å². The van der Waals surface area contributed by atoms with Crippen LogP contribution in [0.3, 0.4) is 0 Å². The number of ether oxygens (including phenoxy) is 1. The molecule has 4 fully saturated rings. The van der Waals surface area contributed by atoms with Gasteiger partial charge in [0, 0.05) is 0 Å². The number of carbonyl (C=O) groups is 1. The first-order valence-electron chi connectivity index (χ1n) is 10.3. The van der Waals surface area contributed by atoms with Gasteiger partial charge >= 0.3 is 0 Å². The molecule has 0 spiro atoms. The van der Waals surface area contributed by atoms with Crippen molar-refractivity contribution in [3.8, 4) is 5.75 Å². The van der Waals surface area contributed by atoms with E-state index in [1.165, 1.54) is 19.3 Å². The molecular formula is C24H27NO2. The van der Waals surface area contributed by atoms with Gasteiger partial charge in [0.05, 0.1) is 11.1 Å². The van der Waals surface area contributed by atoms with Crippen LogP contribution in [0.15, 0.2) is 54.6 Å². The zero-order valence-electron chi connectivity index (χ0n) is 15.7. The number of benzene rings is 2. The third-order valence-electron chi connectivity index (χ3n) is 6.89. The highest BCUT2D eigenvalue weighted by Crippen LogP contribution is 2.60. The molecular weight excluding hydrogens is 334 g/mol. The second kappa shape index (κ2) is 6.70. The molecule has 4 aliphatic rings. The van der Waals surface area contributed by atoms with E-state index in [1.807, 2.05) is 42.5 Å². The highest BCUT2D eigenvalue weighted by Gasteiger charge is 2.54. The summed E-state index contributed by atoms with van der Waals surface area (Å²) in [6.45, 7) is 0.505. The summed E-state index contributed by atoms with van der Waals surface area (Å²) in [7, 11) is 0. The van der Waals surface area contributed by atoms with Crippen LogP contribution in [0.4, 0.5) is 5.69 Å². The predicted octanol–water partition coefficient (Wildman–Crippen LogP) is 5.42. The van der Waals surface area contributed by atoms with Gasteiger partial charge in [-0.15, -0.1) is 0 Å². The third kappa shape index (κ3) is 3.24. The van der Waals surface area contributed by atoms with E-state index >= 15 is 0 Å². The van der Waals surface area contributed by atoms with E-state index in [0.29, 0.717) is 6.61 Å². The van der Waals surface area contributed by atoms with Gasteiger partial charge in [0.25, 0.3) is 0 Å². The topological polar surface area (TPSA) is 38.3 Å². The van der Waals surface area contributed by atoms with Gasteiger partial charge in [-0.2, -0.15) is 0 Å². The monoisotopic (exact) mass is 361 g/mol. The number of amides is 1. The summed E-state index contributed by atoms with van der Waals surface area (Å²) >= 11 is 0. The van der Waals surface area contributed by atoms with Gasteiger partial charge in [0.2, 0.25) is 5.91 Å². The summed E-state index contributed by atoms with van der Waals surface area (Å²) in [6, 6.07) is 18.0. The molecule has 0 radical (unpaired) electrons. The number of rotatable bonds is 5. The van der Waals surface area contributed by atoms with Crippen LogP contribution in [-0.2, 0) is 11.4 Å². The van der Waals surface area contributed by atoms with Gasteiger partial charge in [-0.3, -0.25) is 4.79 Å². The molecule has 1 amide bonds. The molecule has 6 rings (SSSR count). The maximum Gasteiger partial charge on any atom is 0.230 e. The van der Waals surface area contributed by atoms with Crippen molar-refractivity contribution in [1.82, 2.24) is 0 Å². The maximum absolute atomic E-state index is 13.3. The van der Waals surface area contributed by atoms with Crippen LogP contribution in [0.2, 0.25) is 0 Å². The molecule has 140 valence electrons. The second-order valence-electron chi connectivity index (χ2n) is 8.92. The van der Waals surface area contributed by atoms with E-state index < -0.39 is 0 Å². The van der Waals surface area contributed by atoms with E-state index in [2.05, 4.69) is 17.4 Å². The number of hydrogen-bond acceptors (Lipinski definition) is 2. The minimum absolute atomic E-state index is 0.138. The fraction of sp³-hybridized carbons (Fsp3) is 0.458. The minimum Gasteiger partial charge on any atom is -0.487 e. The largest absolute Gasteiger partial charge is 0.487 e. The Hall–Kier alpha value is -2.29. The maximum atomic E-state index is 13.3. The molecule has 4 saturated carbocycles. The summed E-state index contributed by atoms with van der Waals surface area (Å²) in [5, 5.41) is 3.24. The Bertz CT molecular complexity index is 794. The number of nitrogens with one attached hydrogen (secondary N) is 1. The van der Waals surface area contributed by atoms with Crippen molar-refractivity contribution in [2.45, 2.75) is 45.1 Å². The quantitative estimate of drug-likeness (QED) is 0.772. The lowest BCUT2D eigenvalue weighted by Gasteiger charge is -2.55. The Kier molecular flexibility index (Phi) is 4.18. The molecule has 0 aliphatic heterocycles. The van der Waals surface area contributed by atoms with E-state index in [-0.39, 0.29) is 11.3 Å². The highest BCUT2D eigenvalue weighted by molar-refractivity contribution is 5.96. The SMILES string of the molecule is O=C(Nc1ccccc1OCc1ccccc1)C12CC3CC(CC(C3)C1)C2. The zero-order valence-corrected chi connectivity index (χ0v) is 15.7. The molecule has 0 saturated heterocycles. The number of hydrogen-bond donors (Lipinski definition) is 1. The Balaban J connectivity index is 1.31. The molecule has 4 bridgehead atoms. The summed E-state index contributed by atoms with van der Waals surface area (Å²) < 4.78 is 6.03. The normalized spacial score (nSPS) is 30.9. The van der Waals surface area contributed by atoms with Crippen LogP contribution in [0.5, 0.6) is 5.75 Å². The first-order chi connectivity index (χ1) is 13.2. The van der Waals surface area contributed by atoms with Crippen molar-refractivity contribution in [3.05, 3.63) is 60.2 Å². The molecule has 0 unspecified atom stereocenters. The average molecular weight is 361 g/mol. The molecule has 4 aliphatic carbocycles. The van der Waals surface area contributed by atoms with Crippen LogP contribution in [0.25, 0.3) is 0 Å². The lowest BCUT2D eigenvalue weighted by molar-refractivity contribution is -0.140. The van der Waals surface area contributed by atoms with E-state index in [0.717, 1.165) is 54.0 Å². The lowest BCUT2D eigenvalue weighted by atomic mass is 9.49. The minimum atomic E-state index is -0.138. The van der Waals surface area contributed by atoms with Crippen molar-refractivity contribution in [3.63, 3.8) is 0 Å². The summed E-state index contributed by atoms with van der Waals surface area (Å²) in [5.74, 6) is 3.28. The standard InChI is InChI=1S/C24H27NO2/c26-23(24-13-18-10-19(14-24)12-20(11-18)15-24)25-21-8-4-5-9-22(21)27-16-17-6-2-1-3-7-17/h1-9,18-20H,10-16H2,(H,25,26). The lowest BCUT2D eigenvalue weighted by Crippen LogP contribution is -2.51. The molecule has 0 atom stereocenters. The Labute approximate surface area is 161 Å². The van der Waals surface area contributed by atoms with Crippen LogP contribution in [0.1, 0.15) is 44.1 Å². The molecule has 2 aromatic carbocycles. The average Bonchev–Trinajstić information content (AvgIpc) is 2.67. The van der Waals surface area contributed by atoms with Crippen LogP contribution in [0, 0.1) is 23.2 Å². The molecule has 1 N–H and O–H groups in total. The molecule has 3 heteroatoms. The molecule has 0 aromatic heterocycles. The molecule has 0 heterocycles. The van der Waals surface area contributed by atoms with Gasteiger partial charge in [-0.1, -0.05) is 42.5 Å². The van der Waals surface area contributed by atoms with Gasteiger partial charge in [-0.25, -0.2) is 0 Å². The number of para-hydroxylation sites is 2.